The highest BCUT2D eigenvalue weighted by Crippen LogP contribution is 2.32. The summed E-state index contributed by atoms with van der Waals surface area (Å²) < 4.78 is 11.1. The lowest BCUT2D eigenvalue weighted by atomic mass is 10.1. The van der Waals surface area contributed by atoms with E-state index < -0.39 is 4.92 Å². The molecule has 2 aromatic carbocycles. The molecular weight excluding hydrogens is 318 g/mol. The van der Waals surface area contributed by atoms with Crippen molar-refractivity contribution in [2.24, 2.45) is 0 Å². The Bertz CT molecular complexity index is 698. The highest BCUT2D eigenvalue weighted by molar-refractivity contribution is 5.61. The zero-order valence-electron chi connectivity index (χ0n) is 14.4. The molecule has 0 spiro atoms. The summed E-state index contributed by atoms with van der Waals surface area (Å²) in [7, 11) is 1.56. The van der Waals surface area contributed by atoms with E-state index in [1.165, 1.54) is 11.6 Å². The van der Waals surface area contributed by atoms with Crippen LogP contribution < -0.4 is 9.47 Å². The number of methoxy groups -OCH3 is 1. The van der Waals surface area contributed by atoms with Gasteiger partial charge in [0.1, 0.15) is 0 Å². The summed E-state index contributed by atoms with van der Waals surface area (Å²) in [6.07, 6.45) is 6.47. The third-order valence-electron chi connectivity index (χ3n) is 3.80. The van der Waals surface area contributed by atoms with Gasteiger partial charge in [-0.25, -0.2) is 0 Å². The summed E-state index contributed by atoms with van der Waals surface area (Å²) in [5, 5.41) is 10.5. The normalized spacial score (nSPS) is 10.8. The summed E-state index contributed by atoms with van der Waals surface area (Å²) >= 11 is 0. The van der Waals surface area contributed by atoms with Crippen molar-refractivity contribution < 1.29 is 14.4 Å². The second kappa shape index (κ2) is 10.1. The Morgan fingerprint density at radius 1 is 1.04 bits per heavy atom. The number of ether oxygens (including phenoxy) is 2. The van der Waals surface area contributed by atoms with E-state index in [4.69, 9.17) is 9.47 Å². The van der Waals surface area contributed by atoms with Crippen molar-refractivity contribution in [1.29, 1.82) is 0 Å². The third kappa shape index (κ3) is 6.30. The fourth-order valence-corrected chi connectivity index (χ4v) is 2.55. The molecule has 0 saturated carbocycles. The molecule has 0 aliphatic carbocycles. The van der Waals surface area contributed by atoms with Crippen LogP contribution in [0, 0.1) is 10.1 Å². The molecule has 0 aromatic heterocycles. The van der Waals surface area contributed by atoms with E-state index in [2.05, 4.69) is 24.3 Å². The van der Waals surface area contributed by atoms with Crippen LogP contribution in [0.15, 0.2) is 54.7 Å². The topological polar surface area (TPSA) is 61.6 Å². The Morgan fingerprint density at radius 3 is 2.56 bits per heavy atom. The Balaban J connectivity index is 1.84. The molecule has 0 saturated heterocycles. The zero-order valence-corrected chi connectivity index (χ0v) is 14.4. The molecule has 0 unspecified atom stereocenters. The molecule has 0 fully saturated rings. The molecule has 0 heterocycles. The highest BCUT2D eigenvalue weighted by Gasteiger charge is 2.09. The van der Waals surface area contributed by atoms with Crippen molar-refractivity contribution in [2.75, 3.05) is 13.7 Å². The molecule has 132 valence electrons. The fourth-order valence-electron chi connectivity index (χ4n) is 2.55. The highest BCUT2D eigenvalue weighted by atomic mass is 16.6. The van der Waals surface area contributed by atoms with Crippen molar-refractivity contribution in [3.05, 3.63) is 76.0 Å². The third-order valence-corrected chi connectivity index (χ3v) is 3.80. The number of hydrogen-bond acceptors (Lipinski definition) is 4. The molecule has 5 heteroatoms. The van der Waals surface area contributed by atoms with Crippen molar-refractivity contribution >= 4 is 6.08 Å². The minimum atomic E-state index is -0.493. The molecule has 0 atom stereocenters. The number of nitrogens with zero attached hydrogens (tertiary/aromatic N) is 1. The van der Waals surface area contributed by atoms with Gasteiger partial charge in [0.05, 0.1) is 18.6 Å². The monoisotopic (exact) mass is 341 g/mol. The first-order valence-corrected chi connectivity index (χ1v) is 8.36. The first-order valence-electron chi connectivity index (χ1n) is 8.36. The lowest BCUT2D eigenvalue weighted by molar-refractivity contribution is -0.400. The minimum Gasteiger partial charge on any atom is -0.493 e. The SMILES string of the molecule is COc1cccc(C=C[N+](=O)[O-])c1OCCCCCc1ccccc1. The number of unbranched alkanes of at least 4 members (excludes halogenated alkanes) is 2. The second-order valence-electron chi connectivity index (χ2n) is 5.62. The van der Waals surface area contributed by atoms with Crippen LogP contribution in [-0.4, -0.2) is 18.6 Å². The summed E-state index contributed by atoms with van der Waals surface area (Å²) in [5.74, 6) is 1.13. The summed E-state index contributed by atoms with van der Waals surface area (Å²) in [4.78, 5) is 10.0. The maximum absolute atomic E-state index is 10.5. The number of nitro groups is 1. The summed E-state index contributed by atoms with van der Waals surface area (Å²) in [5.41, 5.74) is 1.99. The van der Waals surface area contributed by atoms with Gasteiger partial charge < -0.3 is 9.47 Å². The van der Waals surface area contributed by atoms with Gasteiger partial charge in [-0.1, -0.05) is 42.5 Å². The number of benzene rings is 2. The number of rotatable bonds is 10. The molecule has 0 N–H and O–H groups in total. The maximum Gasteiger partial charge on any atom is 0.235 e. The van der Waals surface area contributed by atoms with Crippen LogP contribution in [0.3, 0.4) is 0 Å². The van der Waals surface area contributed by atoms with Crippen molar-refractivity contribution in [3.63, 3.8) is 0 Å². The van der Waals surface area contributed by atoms with Crippen LogP contribution in [0.4, 0.5) is 0 Å². The van der Waals surface area contributed by atoms with E-state index in [9.17, 15) is 10.1 Å². The Morgan fingerprint density at radius 2 is 1.84 bits per heavy atom. The van der Waals surface area contributed by atoms with Gasteiger partial charge in [-0.3, -0.25) is 10.1 Å². The van der Waals surface area contributed by atoms with Gasteiger partial charge in [0.15, 0.2) is 11.5 Å². The van der Waals surface area contributed by atoms with Gasteiger partial charge in [-0.05, 0) is 37.3 Å². The number of aryl methyl sites for hydroxylation is 1. The van der Waals surface area contributed by atoms with E-state index in [1.807, 2.05) is 6.07 Å². The van der Waals surface area contributed by atoms with E-state index in [0.717, 1.165) is 31.9 Å². The standard InChI is InChI=1S/C20H23NO4/c1-24-19-13-8-12-18(14-15-21(22)23)20(19)25-16-7-3-6-11-17-9-4-2-5-10-17/h2,4-5,8-10,12-15H,3,6-7,11,16H2,1H3. The number of hydrogen-bond donors (Lipinski definition) is 0. The van der Waals surface area contributed by atoms with Gasteiger partial charge in [-0.15, -0.1) is 0 Å². The molecule has 2 rings (SSSR count). The maximum atomic E-state index is 10.5. The van der Waals surface area contributed by atoms with E-state index in [-0.39, 0.29) is 0 Å². The van der Waals surface area contributed by atoms with Crippen LogP contribution in [0.5, 0.6) is 11.5 Å². The van der Waals surface area contributed by atoms with Crippen LogP contribution in [-0.2, 0) is 6.42 Å². The minimum absolute atomic E-state index is 0.493. The lowest BCUT2D eigenvalue weighted by Gasteiger charge is -2.13. The van der Waals surface area contributed by atoms with Crippen LogP contribution in [0.1, 0.15) is 30.4 Å². The first kappa shape index (κ1) is 18.5. The zero-order chi connectivity index (χ0) is 17.9. The Hall–Kier alpha value is -2.82. The quantitative estimate of drug-likeness (QED) is 0.356. The van der Waals surface area contributed by atoms with Gasteiger partial charge in [0, 0.05) is 11.6 Å². The Kier molecular flexibility index (Phi) is 7.50. The predicted molar refractivity (Wildman–Crippen MR) is 98.5 cm³/mol. The van der Waals surface area contributed by atoms with Crippen LogP contribution in [0.25, 0.3) is 6.08 Å². The lowest BCUT2D eigenvalue weighted by Crippen LogP contribution is -2.01. The predicted octanol–water partition coefficient (Wildman–Crippen LogP) is 4.73. The number of para-hydroxylation sites is 1. The van der Waals surface area contributed by atoms with Gasteiger partial charge >= 0.3 is 0 Å². The van der Waals surface area contributed by atoms with Crippen LogP contribution in [0.2, 0.25) is 0 Å². The van der Waals surface area contributed by atoms with Crippen molar-refractivity contribution in [3.8, 4) is 11.5 Å². The first-order chi connectivity index (χ1) is 12.2. The van der Waals surface area contributed by atoms with E-state index >= 15 is 0 Å². The van der Waals surface area contributed by atoms with Gasteiger partial charge in [-0.2, -0.15) is 0 Å². The van der Waals surface area contributed by atoms with Crippen LogP contribution >= 0.6 is 0 Å². The smallest absolute Gasteiger partial charge is 0.235 e. The second-order valence-corrected chi connectivity index (χ2v) is 5.62. The van der Waals surface area contributed by atoms with E-state index in [0.29, 0.717) is 23.7 Å². The largest absolute Gasteiger partial charge is 0.493 e. The summed E-state index contributed by atoms with van der Waals surface area (Å²) in [6, 6.07) is 15.8. The molecule has 0 aliphatic rings. The molecule has 0 amide bonds. The molecule has 0 radical (unpaired) electrons. The fraction of sp³-hybridized carbons (Fsp3) is 0.300. The molecule has 0 aliphatic heterocycles. The molecule has 2 aromatic rings. The van der Waals surface area contributed by atoms with Gasteiger partial charge in [0.2, 0.25) is 6.20 Å². The molecular formula is C20H23NO4. The summed E-state index contributed by atoms with van der Waals surface area (Å²) in [6.45, 7) is 0.550. The molecule has 5 nitrogen and oxygen atoms in total. The van der Waals surface area contributed by atoms with E-state index in [1.54, 1.807) is 25.3 Å². The molecule has 25 heavy (non-hydrogen) atoms. The molecule has 0 bridgehead atoms. The van der Waals surface area contributed by atoms with Gasteiger partial charge in [0.25, 0.3) is 0 Å². The average Bonchev–Trinajstić information content (AvgIpc) is 2.64. The Labute approximate surface area is 148 Å². The van der Waals surface area contributed by atoms with Crippen molar-refractivity contribution in [1.82, 2.24) is 0 Å². The average molecular weight is 341 g/mol. The van der Waals surface area contributed by atoms with Crippen molar-refractivity contribution in [2.45, 2.75) is 25.7 Å².